The van der Waals surface area contributed by atoms with Crippen LogP contribution in [-0.4, -0.2) is 39.9 Å². The number of hydrogen-bond acceptors (Lipinski definition) is 5. The molecular weight excluding hydrogens is 266 g/mol. The van der Waals surface area contributed by atoms with E-state index in [0.717, 1.165) is 23.8 Å². The Bertz CT molecular complexity index is 419. The molecular formula is C12H19N3OS2. The summed E-state index contributed by atoms with van der Waals surface area (Å²) in [5, 5.41) is 3.18. The number of amides is 1. The van der Waals surface area contributed by atoms with Crippen LogP contribution in [0.2, 0.25) is 0 Å². The highest BCUT2D eigenvalue weighted by Gasteiger charge is 2.27. The van der Waals surface area contributed by atoms with Crippen molar-refractivity contribution in [2.45, 2.75) is 25.6 Å². The maximum absolute atomic E-state index is 12.3. The first kappa shape index (κ1) is 13.8. The van der Waals surface area contributed by atoms with Gasteiger partial charge in [0.15, 0.2) is 0 Å². The minimum absolute atomic E-state index is 0.0527. The summed E-state index contributed by atoms with van der Waals surface area (Å²) in [5.41, 5.74) is 6.07. The van der Waals surface area contributed by atoms with E-state index in [1.807, 2.05) is 22.0 Å². The Balaban J connectivity index is 2.04. The maximum atomic E-state index is 12.3. The molecule has 2 rings (SSSR count). The van der Waals surface area contributed by atoms with Crippen molar-refractivity contribution in [1.29, 1.82) is 0 Å². The average molecular weight is 285 g/mol. The molecule has 2 N–H and O–H groups in total. The molecule has 4 nitrogen and oxygen atoms in total. The fourth-order valence-corrected chi connectivity index (χ4v) is 3.88. The van der Waals surface area contributed by atoms with Crippen molar-refractivity contribution in [2.75, 3.05) is 18.8 Å². The molecule has 1 aliphatic heterocycles. The molecule has 1 aromatic heterocycles. The zero-order valence-corrected chi connectivity index (χ0v) is 12.4. The first-order valence-corrected chi connectivity index (χ1v) is 8.10. The Kier molecular flexibility index (Phi) is 4.64. The fourth-order valence-electron chi connectivity index (χ4n) is 1.93. The van der Waals surface area contributed by atoms with Crippen molar-refractivity contribution < 1.29 is 4.79 Å². The summed E-state index contributed by atoms with van der Waals surface area (Å²) >= 11 is 3.43. The molecule has 1 saturated heterocycles. The smallest absolute Gasteiger partial charge is 0.273 e. The number of thiazole rings is 1. The second-order valence-electron chi connectivity index (χ2n) is 4.74. The second kappa shape index (κ2) is 6.04. The number of hydrogen-bond donors (Lipinski definition) is 1. The van der Waals surface area contributed by atoms with Gasteiger partial charge in [-0.15, -0.1) is 11.3 Å². The van der Waals surface area contributed by atoms with Crippen LogP contribution in [0.3, 0.4) is 0 Å². The highest BCUT2D eigenvalue weighted by Crippen LogP contribution is 2.26. The van der Waals surface area contributed by atoms with Crippen LogP contribution >= 0.6 is 23.1 Å². The van der Waals surface area contributed by atoms with Crippen LogP contribution < -0.4 is 5.73 Å². The van der Waals surface area contributed by atoms with Crippen LogP contribution in [0.1, 0.15) is 29.3 Å². The van der Waals surface area contributed by atoms with E-state index in [1.54, 1.807) is 0 Å². The third-order valence-corrected chi connectivity index (χ3v) is 5.48. The van der Waals surface area contributed by atoms with Crippen molar-refractivity contribution in [1.82, 2.24) is 9.88 Å². The number of nitrogens with zero attached hydrogens (tertiary/aromatic N) is 2. The molecule has 0 radical (unpaired) electrons. The second-order valence-corrected chi connectivity index (χ2v) is 7.02. The van der Waals surface area contributed by atoms with E-state index >= 15 is 0 Å². The average Bonchev–Trinajstić information content (AvgIpc) is 2.86. The zero-order chi connectivity index (χ0) is 13.1. The summed E-state index contributed by atoms with van der Waals surface area (Å²) in [5.74, 6) is 1.67. The molecule has 0 saturated carbocycles. The van der Waals surface area contributed by atoms with Gasteiger partial charge in [0.2, 0.25) is 0 Å². The molecule has 100 valence electrons. The molecule has 1 unspecified atom stereocenters. The van der Waals surface area contributed by atoms with Crippen molar-refractivity contribution >= 4 is 29.0 Å². The number of nitrogens with two attached hydrogens (primary N) is 1. The molecule has 6 heteroatoms. The monoisotopic (exact) mass is 285 g/mol. The summed E-state index contributed by atoms with van der Waals surface area (Å²) in [4.78, 5) is 18.5. The highest BCUT2D eigenvalue weighted by atomic mass is 32.2. The third-order valence-electron chi connectivity index (χ3n) is 3.07. The topological polar surface area (TPSA) is 59.2 Å². The fraction of sp³-hybridized carbons (Fsp3) is 0.667. The molecule has 0 aromatic carbocycles. The molecule has 18 heavy (non-hydrogen) atoms. The van der Waals surface area contributed by atoms with E-state index in [-0.39, 0.29) is 5.91 Å². The lowest BCUT2D eigenvalue weighted by molar-refractivity contribution is 0.0751. The van der Waals surface area contributed by atoms with Crippen molar-refractivity contribution in [2.24, 2.45) is 11.7 Å². The van der Waals surface area contributed by atoms with Gasteiger partial charge in [0.25, 0.3) is 5.91 Å². The van der Waals surface area contributed by atoms with Crippen LogP contribution in [0.15, 0.2) is 5.38 Å². The summed E-state index contributed by atoms with van der Waals surface area (Å²) in [7, 11) is 0. The Morgan fingerprint density at radius 3 is 3.06 bits per heavy atom. The Morgan fingerprint density at radius 2 is 2.44 bits per heavy atom. The van der Waals surface area contributed by atoms with Crippen molar-refractivity contribution in [3.8, 4) is 0 Å². The summed E-state index contributed by atoms with van der Waals surface area (Å²) in [6.07, 6.45) is 0. The molecule has 0 aliphatic carbocycles. The van der Waals surface area contributed by atoms with E-state index < -0.39 is 0 Å². The van der Waals surface area contributed by atoms with Crippen LogP contribution in [0.5, 0.6) is 0 Å². The van der Waals surface area contributed by atoms with E-state index in [4.69, 9.17) is 5.73 Å². The Labute approximate surface area is 116 Å². The van der Waals surface area contributed by atoms with Crippen LogP contribution in [0, 0.1) is 5.92 Å². The van der Waals surface area contributed by atoms with Crippen LogP contribution in [0.25, 0.3) is 0 Å². The van der Waals surface area contributed by atoms with Gasteiger partial charge in [0, 0.05) is 36.0 Å². The van der Waals surface area contributed by atoms with Gasteiger partial charge >= 0.3 is 0 Å². The van der Waals surface area contributed by atoms with Gasteiger partial charge in [-0.2, -0.15) is 11.8 Å². The Morgan fingerprint density at radius 1 is 1.67 bits per heavy atom. The van der Waals surface area contributed by atoms with Crippen molar-refractivity contribution in [3.05, 3.63) is 16.1 Å². The van der Waals surface area contributed by atoms with Gasteiger partial charge in [0.05, 0.1) is 0 Å². The molecule has 1 aromatic rings. The molecule has 1 fully saturated rings. The predicted molar refractivity (Wildman–Crippen MR) is 77.0 cm³/mol. The summed E-state index contributed by atoms with van der Waals surface area (Å²) in [6.45, 7) is 6.48. The standard InChI is InChI=1S/C12H19N3OS2/c1-8(2)10-6-15(3-4-17-10)12(16)9-7-18-11(5-13)14-9/h7-8,10H,3-6,13H2,1-2H3. The first-order valence-electron chi connectivity index (χ1n) is 6.17. The van der Waals surface area contributed by atoms with Gasteiger partial charge in [-0.1, -0.05) is 13.8 Å². The minimum atomic E-state index is 0.0527. The SMILES string of the molecule is CC(C)C1CN(C(=O)c2csc(CN)n2)CCS1. The minimum Gasteiger partial charge on any atom is -0.335 e. The molecule has 1 atom stereocenters. The number of carbonyl (C=O) groups excluding carboxylic acids is 1. The lowest BCUT2D eigenvalue weighted by atomic mass is 10.1. The van der Waals surface area contributed by atoms with E-state index in [2.05, 4.69) is 18.8 Å². The third kappa shape index (κ3) is 3.05. The molecule has 2 heterocycles. The van der Waals surface area contributed by atoms with Gasteiger partial charge in [-0.3, -0.25) is 4.79 Å². The summed E-state index contributed by atoms with van der Waals surface area (Å²) < 4.78 is 0. The normalized spacial score (nSPS) is 20.4. The molecule has 1 aliphatic rings. The number of carbonyl (C=O) groups is 1. The van der Waals surface area contributed by atoms with Gasteiger partial charge < -0.3 is 10.6 Å². The predicted octanol–water partition coefficient (Wildman–Crippen LogP) is 1.82. The van der Waals surface area contributed by atoms with E-state index in [9.17, 15) is 4.79 Å². The number of thioether (sulfide) groups is 1. The molecule has 0 spiro atoms. The maximum Gasteiger partial charge on any atom is 0.273 e. The Hall–Kier alpha value is -0.590. The first-order chi connectivity index (χ1) is 8.61. The summed E-state index contributed by atoms with van der Waals surface area (Å²) in [6, 6.07) is 0. The van der Waals surface area contributed by atoms with Crippen LogP contribution in [0.4, 0.5) is 0 Å². The lowest BCUT2D eigenvalue weighted by Gasteiger charge is -2.34. The zero-order valence-electron chi connectivity index (χ0n) is 10.8. The molecule has 0 bridgehead atoms. The quantitative estimate of drug-likeness (QED) is 0.920. The highest BCUT2D eigenvalue weighted by molar-refractivity contribution is 8.00. The van der Waals surface area contributed by atoms with Gasteiger partial charge in [0.1, 0.15) is 10.7 Å². The van der Waals surface area contributed by atoms with Crippen LogP contribution in [-0.2, 0) is 6.54 Å². The largest absolute Gasteiger partial charge is 0.335 e. The number of rotatable bonds is 3. The van der Waals surface area contributed by atoms with Gasteiger partial charge in [-0.05, 0) is 5.92 Å². The number of aromatic nitrogens is 1. The van der Waals surface area contributed by atoms with Crippen molar-refractivity contribution in [3.63, 3.8) is 0 Å². The lowest BCUT2D eigenvalue weighted by Crippen LogP contribution is -2.43. The van der Waals surface area contributed by atoms with E-state index in [1.165, 1.54) is 11.3 Å². The van der Waals surface area contributed by atoms with E-state index in [0.29, 0.717) is 23.4 Å². The van der Waals surface area contributed by atoms with Gasteiger partial charge in [-0.25, -0.2) is 4.98 Å². The molecule has 1 amide bonds.